The molecular weight excluding hydrogens is 372 g/mol. The zero-order chi connectivity index (χ0) is 21.2. The summed E-state index contributed by atoms with van der Waals surface area (Å²) in [5.41, 5.74) is 0.340. The molecule has 0 saturated carbocycles. The number of nitrogens with zero attached hydrogens (tertiary/aromatic N) is 1. The van der Waals surface area contributed by atoms with E-state index >= 15 is 0 Å². The highest BCUT2D eigenvalue weighted by Gasteiger charge is 2.41. The lowest BCUT2D eigenvalue weighted by atomic mass is 10.0. The minimum absolute atomic E-state index is 0.200. The summed E-state index contributed by atoms with van der Waals surface area (Å²) in [6, 6.07) is 7.83. The van der Waals surface area contributed by atoms with E-state index in [1.165, 1.54) is 0 Å². The highest BCUT2D eigenvalue weighted by atomic mass is 16.6. The lowest BCUT2D eigenvalue weighted by Gasteiger charge is -2.29. The normalized spacial score (nSPS) is 25.6. The van der Waals surface area contributed by atoms with Crippen molar-refractivity contribution in [2.75, 3.05) is 6.54 Å². The third kappa shape index (κ3) is 5.15. The SMILES string of the molecule is C[C@H](N[C@H]1C[C@H](c2ccccc2)OC1=O)C(=O)N1CCC[C@H]1C(=O)OC(C)(C)C. The van der Waals surface area contributed by atoms with Crippen LogP contribution in [0.15, 0.2) is 30.3 Å². The Morgan fingerprint density at radius 1 is 1.24 bits per heavy atom. The predicted molar refractivity (Wildman–Crippen MR) is 107 cm³/mol. The summed E-state index contributed by atoms with van der Waals surface area (Å²) in [7, 11) is 0. The van der Waals surface area contributed by atoms with Crippen LogP contribution >= 0.6 is 0 Å². The lowest BCUT2D eigenvalue weighted by molar-refractivity contribution is -0.163. The van der Waals surface area contributed by atoms with Crippen molar-refractivity contribution in [3.8, 4) is 0 Å². The zero-order valence-electron chi connectivity index (χ0n) is 17.5. The molecule has 7 heteroatoms. The van der Waals surface area contributed by atoms with Gasteiger partial charge in [0.2, 0.25) is 5.91 Å². The summed E-state index contributed by atoms with van der Waals surface area (Å²) >= 11 is 0. The Morgan fingerprint density at radius 2 is 1.93 bits per heavy atom. The minimum Gasteiger partial charge on any atom is -0.458 e. The van der Waals surface area contributed by atoms with Gasteiger partial charge >= 0.3 is 11.9 Å². The Bertz CT molecular complexity index is 758. The van der Waals surface area contributed by atoms with Gasteiger partial charge in [0, 0.05) is 13.0 Å². The standard InChI is InChI=1S/C22H30N2O5/c1-14(19(25)24-12-8-11-17(24)21(27)29-22(2,3)4)23-16-13-18(28-20(16)26)15-9-6-5-7-10-15/h5-7,9-10,14,16-18,23H,8,11-13H2,1-4H3/t14-,16-,17-,18+/m0/s1. The van der Waals surface area contributed by atoms with Gasteiger partial charge in [0.05, 0.1) is 6.04 Å². The van der Waals surface area contributed by atoms with Crippen LogP contribution in [0.2, 0.25) is 0 Å². The highest BCUT2D eigenvalue weighted by molar-refractivity contribution is 5.89. The second-order valence-corrected chi connectivity index (χ2v) is 8.74. The molecule has 7 nitrogen and oxygen atoms in total. The van der Waals surface area contributed by atoms with Gasteiger partial charge in [-0.2, -0.15) is 0 Å². The van der Waals surface area contributed by atoms with Crippen molar-refractivity contribution in [3.63, 3.8) is 0 Å². The van der Waals surface area contributed by atoms with Crippen LogP contribution in [0.4, 0.5) is 0 Å². The van der Waals surface area contributed by atoms with Gasteiger partial charge in [0.15, 0.2) is 0 Å². The van der Waals surface area contributed by atoms with E-state index in [0.29, 0.717) is 19.4 Å². The average molecular weight is 402 g/mol. The Kier molecular flexibility index (Phi) is 6.27. The van der Waals surface area contributed by atoms with E-state index in [1.54, 1.807) is 11.8 Å². The maximum Gasteiger partial charge on any atom is 0.329 e. The fourth-order valence-corrected chi connectivity index (χ4v) is 3.86. The van der Waals surface area contributed by atoms with Gasteiger partial charge in [-0.05, 0) is 46.1 Å². The van der Waals surface area contributed by atoms with Gasteiger partial charge < -0.3 is 14.4 Å². The van der Waals surface area contributed by atoms with Crippen LogP contribution in [-0.2, 0) is 23.9 Å². The zero-order valence-corrected chi connectivity index (χ0v) is 17.5. The summed E-state index contributed by atoms with van der Waals surface area (Å²) in [5, 5.41) is 3.09. The molecule has 4 atom stereocenters. The second-order valence-electron chi connectivity index (χ2n) is 8.74. The van der Waals surface area contributed by atoms with E-state index < -0.39 is 23.7 Å². The number of benzene rings is 1. The summed E-state index contributed by atoms with van der Waals surface area (Å²) in [6.07, 6.45) is 1.50. The molecule has 0 aromatic heterocycles. The minimum atomic E-state index is -0.606. The molecule has 2 aliphatic rings. The maximum absolute atomic E-state index is 13.0. The molecule has 3 rings (SSSR count). The maximum atomic E-state index is 13.0. The van der Waals surface area contributed by atoms with Crippen molar-refractivity contribution in [2.45, 2.75) is 76.8 Å². The fourth-order valence-electron chi connectivity index (χ4n) is 3.86. The van der Waals surface area contributed by atoms with E-state index in [-0.39, 0.29) is 23.9 Å². The summed E-state index contributed by atoms with van der Waals surface area (Å²) in [4.78, 5) is 39.3. The Morgan fingerprint density at radius 3 is 2.59 bits per heavy atom. The number of likely N-dealkylation sites (tertiary alicyclic amines) is 1. The van der Waals surface area contributed by atoms with E-state index in [9.17, 15) is 14.4 Å². The quantitative estimate of drug-likeness (QED) is 0.761. The van der Waals surface area contributed by atoms with Crippen LogP contribution in [0.5, 0.6) is 0 Å². The van der Waals surface area contributed by atoms with Gasteiger partial charge in [-0.15, -0.1) is 0 Å². The van der Waals surface area contributed by atoms with Crippen molar-refractivity contribution >= 4 is 17.8 Å². The third-order valence-corrected chi connectivity index (χ3v) is 5.20. The van der Waals surface area contributed by atoms with Crippen LogP contribution < -0.4 is 5.32 Å². The number of rotatable bonds is 5. The van der Waals surface area contributed by atoms with E-state index in [4.69, 9.17) is 9.47 Å². The molecule has 2 aliphatic heterocycles. The van der Waals surface area contributed by atoms with Crippen LogP contribution in [0.3, 0.4) is 0 Å². The first kappa shape index (κ1) is 21.3. The van der Waals surface area contributed by atoms with Crippen LogP contribution in [-0.4, -0.2) is 53.0 Å². The largest absolute Gasteiger partial charge is 0.458 e. The van der Waals surface area contributed by atoms with Crippen molar-refractivity contribution < 1.29 is 23.9 Å². The molecule has 2 saturated heterocycles. The number of hydrogen-bond acceptors (Lipinski definition) is 6. The lowest BCUT2D eigenvalue weighted by Crippen LogP contribution is -2.52. The van der Waals surface area contributed by atoms with E-state index in [1.807, 2.05) is 51.1 Å². The van der Waals surface area contributed by atoms with Crippen molar-refractivity contribution in [3.05, 3.63) is 35.9 Å². The van der Waals surface area contributed by atoms with Gasteiger partial charge in [-0.1, -0.05) is 30.3 Å². The molecule has 1 amide bonds. The number of carbonyl (C=O) groups is 3. The molecule has 2 heterocycles. The average Bonchev–Trinajstić information content (AvgIpc) is 3.28. The highest BCUT2D eigenvalue weighted by Crippen LogP contribution is 2.30. The van der Waals surface area contributed by atoms with Crippen molar-refractivity contribution in [1.29, 1.82) is 0 Å². The molecule has 1 aromatic carbocycles. The first-order chi connectivity index (χ1) is 13.7. The van der Waals surface area contributed by atoms with Crippen LogP contribution in [0, 0.1) is 0 Å². The molecule has 2 fully saturated rings. The summed E-state index contributed by atoms with van der Waals surface area (Å²) in [6.45, 7) is 7.66. The predicted octanol–water partition coefficient (Wildman–Crippen LogP) is 2.35. The van der Waals surface area contributed by atoms with Crippen molar-refractivity contribution in [1.82, 2.24) is 10.2 Å². The van der Waals surface area contributed by atoms with Gasteiger partial charge in [-0.3, -0.25) is 14.9 Å². The fraction of sp³-hybridized carbons (Fsp3) is 0.591. The number of amides is 1. The number of cyclic esters (lactones) is 1. The summed E-state index contributed by atoms with van der Waals surface area (Å²) in [5.74, 6) is -0.932. The molecule has 0 aliphatic carbocycles. The Balaban J connectivity index is 1.60. The van der Waals surface area contributed by atoms with Crippen molar-refractivity contribution in [2.24, 2.45) is 0 Å². The first-order valence-electron chi connectivity index (χ1n) is 10.2. The molecule has 29 heavy (non-hydrogen) atoms. The molecular formula is C22H30N2O5. The molecule has 158 valence electrons. The monoisotopic (exact) mass is 402 g/mol. The second kappa shape index (κ2) is 8.53. The topological polar surface area (TPSA) is 84.9 Å². The molecule has 1 aromatic rings. The van der Waals surface area contributed by atoms with Gasteiger partial charge in [0.25, 0.3) is 0 Å². The number of ether oxygens (including phenoxy) is 2. The Labute approximate surface area is 171 Å². The number of nitrogens with one attached hydrogen (secondary N) is 1. The molecule has 0 spiro atoms. The Hall–Kier alpha value is -2.41. The van der Waals surface area contributed by atoms with Gasteiger partial charge in [0.1, 0.15) is 23.8 Å². The number of carbonyl (C=O) groups excluding carboxylic acids is 3. The van der Waals surface area contributed by atoms with Crippen LogP contribution in [0.1, 0.15) is 58.6 Å². The van der Waals surface area contributed by atoms with E-state index in [2.05, 4.69) is 5.32 Å². The smallest absolute Gasteiger partial charge is 0.329 e. The number of esters is 2. The molecule has 0 bridgehead atoms. The third-order valence-electron chi connectivity index (χ3n) is 5.20. The van der Waals surface area contributed by atoms with Gasteiger partial charge in [-0.25, -0.2) is 4.79 Å². The molecule has 0 radical (unpaired) electrons. The van der Waals surface area contributed by atoms with Crippen LogP contribution in [0.25, 0.3) is 0 Å². The van der Waals surface area contributed by atoms with E-state index in [0.717, 1.165) is 12.0 Å². The molecule has 1 N–H and O–H groups in total. The molecule has 0 unspecified atom stereocenters. The first-order valence-corrected chi connectivity index (χ1v) is 10.2. The number of hydrogen-bond donors (Lipinski definition) is 1. The summed E-state index contributed by atoms with van der Waals surface area (Å²) < 4.78 is 10.9.